The molecule has 4 heteroatoms. The van der Waals surface area contributed by atoms with Crippen LogP contribution >= 0.6 is 0 Å². The maximum Gasteiger partial charge on any atom is 0.338 e. The molecule has 2 aromatic rings. The summed E-state index contributed by atoms with van der Waals surface area (Å²) in [5.41, 5.74) is 1.39. The van der Waals surface area contributed by atoms with Gasteiger partial charge in [-0.2, -0.15) is 0 Å². The summed E-state index contributed by atoms with van der Waals surface area (Å²) in [4.78, 5) is 25.7. The molecule has 4 nitrogen and oxygen atoms in total. The molecule has 0 heterocycles. The lowest BCUT2D eigenvalue weighted by Crippen LogP contribution is -2.39. The fraction of sp³-hybridized carbons (Fsp3) is 0.440. The highest BCUT2D eigenvalue weighted by molar-refractivity contribution is 5.92. The summed E-state index contributed by atoms with van der Waals surface area (Å²) in [5, 5.41) is 0. The van der Waals surface area contributed by atoms with Gasteiger partial charge in [0.25, 0.3) is 0 Å². The Bertz CT molecular complexity index is 784. The Morgan fingerprint density at radius 2 is 1.59 bits per heavy atom. The fourth-order valence-electron chi connectivity index (χ4n) is 3.84. The van der Waals surface area contributed by atoms with E-state index in [0.717, 1.165) is 36.8 Å². The van der Waals surface area contributed by atoms with Crippen LogP contribution in [-0.4, -0.2) is 25.7 Å². The number of ether oxygens (including phenoxy) is 2. The Kier molecular flexibility index (Phi) is 8.91. The Labute approximate surface area is 174 Å². The Hall–Kier alpha value is -2.62. The zero-order valence-electron chi connectivity index (χ0n) is 17.8. The zero-order valence-corrected chi connectivity index (χ0v) is 17.8. The van der Waals surface area contributed by atoms with E-state index in [1.165, 1.54) is 7.11 Å². The molecule has 0 fully saturated rings. The van der Waals surface area contributed by atoms with Crippen LogP contribution in [0, 0.1) is 0 Å². The van der Waals surface area contributed by atoms with Crippen LogP contribution in [0.4, 0.5) is 0 Å². The minimum absolute atomic E-state index is 0.265. The highest BCUT2D eigenvalue weighted by atomic mass is 16.5. The number of carbonyl (C=O) groups is 2. The molecule has 2 aromatic carbocycles. The molecule has 0 saturated heterocycles. The molecular formula is C25H32O4. The number of hydrogen-bond donors (Lipinski definition) is 0. The van der Waals surface area contributed by atoms with Gasteiger partial charge in [-0.3, -0.25) is 4.79 Å². The highest BCUT2D eigenvalue weighted by Gasteiger charge is 2.41. The molecule has 156 valence electrons. The molecule has 29 heavy (non-hydrogen) atoms. The van der Waals surface area contributed by atoms with Gasteiger partial charge in [0, 0.05) is 0 Å². The summed E-state index contributed by atoms with van der Waals surface area (Å²) in [7, 11) is 1.43. The fourth-order valence-corrected chi connectivity index (χ4v) is 3.84. The second kappa shape index (κ2) is 11.4. The van der Waals surface area contributed by atoms with Crippen molar-refractivity contribution in [1.82, 2.24) is 0 Å². The van der Waals surface area contributed by atoms with Crippen LogP contribution in [0.3, 0.4) is 0 Å². The van der Waals surface area contributed by atoms with E-state index in [0.29, 0.717) is 25.0 Å². The van der Waals surface area contributed by atoms with Gasteiger partial charge in [-0.25, -0.2) is 4.79 Å². The largest absolute Gasteiger partial charge is 0.468 e. The van der Waals surface area contributed by atoms with Crippen LogP contribution in [0.5, 0.6) is 0 Å². The first kappa shape index (κ1) is 22.7. The van der Waals surface area contributed by atoms with Crippen LogP contribution in [0.2, 0.25) is 0 Å². The van der Waals surface area contributed by atoms with Crippen molar-refractivity contribution in [2.75, 3.05) is 13.7 Å². The quantitative estimate of drug-likeness (QED) is 0.372. The summed E-state index contributed by atoms with van der Waals surface area (Å²) in [6, 6.07) is 17.1. The van der Waals surface area contributed by atoms with Crippen LogP contribution in [0.15, 0.2) is 54.6 Å². The van der Waals surface area contributed by atoms with E-state index in [2.05, 4.69) is 6.92 Å². The van der Waals surface area contributed by atoms with Gasteiger partial charge in [0.1, 0.15) is 0 Å². The molecule has 0 amide bonds. The summed E-state index contributed by atoms with van der Waals surface area (Å²) < 4.78 is 10.5. The minimum Gasteiger partial charge on any atom is -0.468 e. The molecule has 1 unspecified atom stereocenters. The maximum absolute atomic E-state index is 13.2. The monoisotopic (exact) mass is 396 g/mol. The van der Waals surface area contributed by atoms with E-state index in [-0.39, 0.29) is 11.9 Å². The first-order valence-electron chi connectivity index (χ1n) is 10.5. The summed E-state index contributed by atoms with van der Waals surface area (Å²) in [5.74, 6) is -0.625. The molecule has 0 radical (unpaired) electrons. The summed E-state index contributed by atoms with van der Waals surface area (Å²) in [6.45, 7) is 4.27. The lowest BCUT2D eigenvalue weighted by atomic mass is 9.71. The van der Waals surface area contributed by atoms with E-state index >= 15 is 0 Å². The smallest absolute Gasteiger partial charge is 0.338 e. The second-order valence-corrected chi connectivity index (χ2v) is 7.30. The third kappa shape index (κ3) is 5.69. The Balaban J connectivity index is 2.50. The van der Waals surface area contributed by atoms with Gasteiger partial charge in [0.05, 0.1) is 24.7 Å². The molecule has 1 atom stereocenters. The minimum atomic E-state index is -0.841. The van der Waals surface area contributed by atoms with Crippen LogP contribution in [-0.2, 0) is 26.1 Å². The third-order valence-corrected chi connectivity index (χ3v) is 5.36. The number of esters is 2. The van der Waals surface area contributed by atoms with Crippen molar-refractivity contribution in [2.45, 2.75) is 57.8 Å². The van der Waals surface area contributed by atoms with Crippen LogP contribution in [0.25, 0.3) is 0 Å². The van der Waals surface area contributed by atoms with Crippen molar-refractivity contribution in [2.24, 2.45) is 0 Å². The van der Waals surface area contributed by atoms with Crippen LogP contribution < -0.4 is 0 Å². The molecule has 0 aliphatic heterocycles. The summed E-state index contributed by atoms with van der Waals surface area (Å²) in [6.07, 6.45) is 5.29. The highest BCUT2D eigenvalue weighted by Crippen LogP contribution is 2.36. The predicted octanol–water partition coefficient (Wildman–Crippen LogP) is 5.49. The number of unbranched alkanes of at least 4 members (excludes halogenated alkanes) is 3. The average Bonchev–Trinajstić information content (AvgIpc) is 2.76. The van der Waals surface area contributed by atoms with E-state index < -0.39 is 5.41 Å². The van der Waals surface area contributed by atoms with Crippen molar-refractivity contribution in [3.05, 3.63) is 71.3 Å². The zero-order chi connectivity index (χ0) is 21.1. The molecule has 0 aliphatic rings. The molecule has 0 N–H and O–H groups in total. The average molecular weight is 397 g/mol. The lowest BCUT2D eigenvalue weighted by Gasteiger charge is -2.32. The van der Waals surface area contributed by atoms with E-state index in [1.54, 1.807) is 13.0 Å². The number of rotatable bonds is 11. The van der Waals surface area contributed by atoms with Gasteiger partial charge in [-0.15, -0.1) is 0 Å². The van der Waals surface area contributed by atoms with E-state index in [4.69, 9.17) is 9.47 Å². The van der Waals surface area contributed by atoms with Gasteiger partial charge >= 0.3 is 11.9 Å². The molecule has 0 aromatic heterocycles. The predicted molar refractivity (Wildman–Crippen MR) is 115 cm³/mol. The van der Waals surface area contributed by atoms with Crippen LogP contribution in [0.1, 0.15) is 67.4 Å². The first-order valence-corrected chi connectivity index (χ1v) is 10.5. The van der Waals surface area contributed by atoms with E-state index in [1.807, 2.05) is 48.5 Å². The number of carbonyl (C=O) groups excluding carboxylic acids is 2. The standard InChI is InChI=1S/C25H32O4/c1-4-6-7-13-18-25(24(27)28-3,21-15-9-8-10-16-21)19-20-14-11-12-17-22(20)23(26)29-5-2/h8-12,14-17H,4-7,13,18-19H2,1-3H3. The van der Waals surface area contributed by atoms with Crippen molar-refractivity contribution >= 4 is 11.9 Å². The maximum atomic E-state index is 13.2. The van der Waals surface area contributed by atoms with E-state index in [9.17, 15) is 9.59 Å². The SMILES string of the molecule is CCCCCCC(Cc1ccccc1C(=O)OCC)(C(=O)OC)c1ccccc1. The van der Waals surface area contributed by atoms with Gasteiger partial charge in [-0.1, -0.05) is 81.1 Å². The lowest BCUT2D eigenvalue weighted by molar-refractivity contribution is -0.148. The molecule has 0 saturated carbocycles. The molecular weight excluding hydrogens is 364 g/mol. The molecule has 2 rings (SSSR count). The van der Waals surface area contributed by atoms with Crippen molar-refractivity contribution in [3.8, 4) is 0 Å². The normalized spacial score (nSPS) is 12.8. The van der Waals surface area contributed by atoms with Gasteiger partial charge in [0.2, 0.25) is 0 Å². The Morgan fingerprint density at radius 1 is 0.897 bits per heavy atom. The molecule has 0 bridgehead atoms. The number of hydrogen-bond acceptors (Lipinski definition) is 4. The van der Waals surface area contributed by atoms with Gasteiger partial charge in [-0.05, 0) is 37.0 Å². The Morgan fingerprint density at radius 3 is 2.24 bits per heavy atom. The number of benzene rings is 2. The molecule has 0 aliphatic carbocycles. The van der Waals surface area contributed by atoms with Gasteiger partial charge < -0.3 is 9.47 Å². The van der Waals surface area contributed by atoms with Gasteiger partial charge in [0.15, 0.2) is 0 Å². The second-order valence-electron chi connectivity index (χ2n) is 7.30. The molecule has 0 spiro atoms. The van der Waals surface area contributed by atoms with Crippen molar-refractivity contribution in [3.63, 3.8) is 0 Å². The third-order valence-electron chi connectivity index (χ3n) is 5.36. The first-order chi connectivity index (χ1) is 14.1. The van der Waals surface area contributed by atoms with Crippen molar-refractivity contribution in [1.29, 1.82) is 0 Å². The topological polar surface area (TPSA) is 52.6 Å². The van der Waals surface area contributed by atoms with Crippen molar-refractivity contribution < 1.29 is 19.1 Å². The summed E-state index contributed by atoms with van der Waals surface area (Å²) >= 11 is 0. The number of methoxy groups -OCH3 is 1.